The van der Waals surface area contributed by atoms with Gasteiger partial charge in [-0.05, 0) is 43.5 Å². The molecular weight excluding hydrogens is 269 g/mol. The number of halogens is 3. The highest BCUT2D eigenvalue weighted by Gasteiger charge is 2.32. The summed E-state index contributed by atoms with van der Waals surface area (Å²) in [5.41, 5.74) is 5.00. The molecule has 1 unspecified atom stereocenters. The van der Waals surface area contributed by atoms with E-state index in [0.717, 1.165) is 6.07 Å². The minimum atomic E-state index is -4.42. The Balaban J connectivity index is 2.71. The molecule has 0 aromatic heterocycles. The van der Waals surface area contributed by atoms with Crippen molar-refractivity contribution >= 4 is 11.6 Å². The average molecular weight is 288 g/mol. The molecule has 20 heavy (non-hydrogen) atoms. The summed E-state index contributed by atoms with van der Waals surface area (Å²) >= 11 is 0. The molecule has 0 fully saturated rings. The number of aryl methyl sites for hydroxylation is 1. The number of nitrogens with two attached hydrogens (primary N) is 1. The quantitative estimate of drug-likeness (QED) is 0.873. The van der Waals surface area contributed by atoms with Gasteiger partial charge in [-0.15, -0.1) is 0 Å². The van der Waals surface area contributed by atoms with Gasteiger partial charge in [-0.1, -0.05) is 13.0 Å². The minimum absolute atomic E-state index is 0.132. The van der Waals surface area contributed by atoms with Crippen molar-refractivity contribution in [3.63, 3.8) is 0 Å². The first-order valence-corrected chi connectivity index (χ1v) is 6.41. The number of alkyl halides is 3. The lowest BCUT2D eigenvalue weighted by Crippen LogP contribution is -2.17. The summed E-state index contributed by atoms with van der Waals surface area (Å²) in [6, 6.07) is 3.77. The Morgan fingerprint density at radius 1 is 1.40 bits per heavy atom. The van der Waals surface area contributed by atoms with Crippen LogP contribution < -0.4 is 11.1 Å². The maximum absolute atomic E-state index is 12.7. The van der Waals surface area contributed by atoms with Crippen molar-refractivity contribution in [1.82, 2.24) is 0 Å². The van der Waals surface area contributed by atoms with E-state index in [9.17, 15) is 18.0 Å². The summed E-state index contributed by atoms with van der Waals surface area (Å²) in [5.74, 6) is -0.0909. The summed E-state index contributed by atoms with van der Waals surface area (Å²) in [5, 5.41) is 2.48. The van der Waals surface area contributed by atoms with Crippen LogP contribution in [-0.4, -0.2) is 12.5 Å². The van der Waals surface area contributed by atoms with Crippen LogP contribution in [0.25, 0.3) is 0 Å². The number of amides is 1. The van der Waals surface area contributed by atoms with E-state index < -0.39 is 11.7 Å². The molecule has 0 saturated heterocycles. The number of carbonyl (C=O) groups is 1. The van der Waals surface area contributed by atoms with E-state index in [0.29, 0.717) is 13.0 Å². The smallest absolute Gasteiger partial charge is 0.330 e. The highest BCUT2D eigenvalue weighted by atomic mass is 19.4. The third kappa shape index (κ3) is 4.85. The molecule has 6 heteroatoms. The molecule has 0 heterocycles. The summed E-state index contributed by atoms with van der Waals surface area (Å²) in [4.78, 5) is 11.6. The van der Waals surface area contributed by atoms with Gasteiger partial charge in [0.15, 0.2) is 0 Å². The van der Waals surface area contributed by atoms with E-state index in [4.69, 9.17) is 5.73 Å². The number of nitrogens with one attached hydrogen (secondary N) is 1. The van der Waals surface area contributed by atoms with E-state index >= 15 is 0 Å². The molecule has 0 aliphatic rings. The van der Waals surface area contributed by atoms with Gasteiger partial charge >= 0.3 is 6.18 Å². The summed E-state index contributed by atoms with van der Waals surface area (Å²) in [7, 11) is 0. The van der Waals surface area contributed by atoms with Gasteiger partial charge in [-0.3, -0.25) is 4.79 Å². The molecule has 112 valence electrons. The van der Waals surface area contributed by atoms with Gasteiger partial charge in [0.1, 0.15) is 0 Å². The Bertz CT molecular complexity index is 472. The van der Waals surface area contributed by atoms with Crippen molar-refractivity contribution in [3.05, 3.63) is 29.3 Å². The maximum Gasteiger partial charge on any atom is 0.416 e. The number of hydrogen-bond donors (Lipinski definition) is 2. The third-order valence-electron chi connectivity index (χ3n) is 3.09. The number of anilines is 1. The largest absolute Gasteiger partial charge is 0.416 e. The van der Waals surface area contributed by atoms with Gasteiger partial charge < -0.3 is 11.1 Å². The molecule has 1 amide bonds. The van der Waals surface area contributed by atoms with Crippen LogP contribution in [0.5, 0.6) is 0 Å². The first-order valence-electron chi connectivity index (χ1n) is 6.41. The lowest BCUT2D eigenvalue weighted by atomic mass is 10.1. The molecule has 1 atom stereocenters. The van der Waals surface area contributed by atoms with Crippen molar-refractivity contribution in [2.24, 2.45) is 11.7 Å². The summed E-state index contributed by atoms with van der Waals surface area (Å²) in [6.07, 6.45) is -3.56. The zero-order valence-corrected chi connectivity index (χ0v) is 11.6. The minimum Gasteiger partial charge on any atom is -0.330 e. The predicted octanol–water partition coefficient (Wildman–Crippen LogP) is 3.33. The number of rotatable bonds is 5. The fourth-order valence-electron chi connectivity index (χ4n) is 1.72. The van der Waals surface area contributed by atoms with Crippen molar-refractivity contribution < 1.29 is 18.0 Å². The Morgan fingerprint density at radius 2 is 2.05 bits per heavy atom. The van der Waals surface area contributed by atoms with Crippen LogP contribution in [0, 0.1) is 12.8 Å². The van der Waals surface area contributed by atoms with Gasteiger partial charge in [0, 0.05) is 12.1 Å². The molecule has 1 aromatic rings. The number of carbonyl (C=O) groups excluding carboxylic acids is 1. The zero-order valence-electron chi connectivity index (χ0n) is 11.6. The lowest BCUT2D eigenvalue weighted by Gasteiger charge is -2.13. The predicted molar refractivity (Wildman–Crippen MR) is 72.3 cm³/mol. The normalized spacial score (nSPS) is 13.1. The van der Waals surface area contributed by atoms with Crippen LogP contribution in [0.1, 0.15) is 30.9 Å². The molecule has 0 radical (unpaired) electrons. The number of hydrogen-bond acceptors (Lipinski definition) is 2. The maximum atomic E-state index is 12.7. The summed E-state index contributed by atoms with van der Waals surface area (Å²) in [6.45, 7) is 3.79. The summed E-state index contributed by atoms with van der Waals surface area (Å²) < 4.78 is 38.2. The van der Waals surface area contributed by atoms with E-state index in [2.05, 4.69) is 5.32 Å². The lowest BCUT2D eigenvalue weighted by molar-refractivity contribution is -0.138. The average Bonchev–Trinajstić information content (AvgIpc) is 2.37. The van der Waals surface area contributed by atoms with Crippen molar-refractivity contribution in [2.45, 2.75) is 32.9 Å². The van der Waals surface area contributed by atoms with Gasteiger partial charge in [0.2, 0.25) is 5.91 Å². The highest BCUT2D eigenvalue weighted by Crippen LogP contribution is 2.33. The third-order valence-corrected chi connectivity index (χ3v) is 3.09. The molecule has 0 aliphatic carbocycles. The second-order valence-corrected chi connectivity index (χ2v) is 4.96. The first kappa shape index (κ1) is 16.5. The zero-order chi connectivity index (χ0) is 15.3. The molecule has 0 saturated carbocycles. The molecule has 0 bridgehead atoms. The molecule has 1 aromatic carbocycles. The van der Waals surface area contributed by atoms with Gasteiger partial charge in [0.25, 0.3) is 0 Å². The van der Waals surface area contributed by atoms with Crippen LogP contribution in [0.3, 0.4) is 0 Å². The van der Waals surface area contributed by atoms with Crippen molar-refractivity contribution in [3.8, 4) is 0 Å². The van der Waals surface area contributed by atoms with E-state index in [1.54, 1.807) is 0 Å². The van der Waals surface area contributed by atoms with Crippen LogP contribution in [0.4, 0.5) is 18.9 Å². The van der Waals surface area contributed by atoms with E-state index in [1.807, 2.05) is 6.92 Å². The van der Waals surface area contributed by atoms with Crippen molar-refractivity contribution in [1.29, 1.82) is 0 Å². The second kappa shape index (κ2) is 6.74. The second-order valence-electron chi connectivity index (χ2n) is 4.96. The van der Waals surface area contributed by atoms with Crippen molar-refractivity contribution in [2.75, 3.05) is 11.9 Å². The Hall–Kier alpha value is -1.56. The van der Waals surface area contributed by atoms with Gasteiger partial charge in [0.05, 0.1) is 5.56 Å². The fourth-order valence-corrected chi connectivity index (χ4v) is 1.72. The molecular formula is C14H19F3N2O. The van der Waals surface area contributed by atoms with Gasteiger partial charge in [-0.25, -0.2) is 0 Å². The first-order chi connectivity index (χ1) is 9.24. The van der Waals surface area contributed by atoms with Crippen LogP contribution in [0.15, 0.2) is 18.2 Å². The Morgan fingerprint density at radius 3 is 2.60 bits per heavy atom. The Labute approximate surface area is 116 Å². The molecule has 1 rings (SSSR count). The van der Waals surface area contributed by atoms with E-state index in [-0.39, 0.29) is 29.5 Å². The number of benzene rings is 1. The monoisotopic (exact) mass is 288 g/mol. The van der Waals surface area contributed by atoms with Crippen LogP contribution in [0.2, 0.25) is 0 Å². The molecule has 0 spiro atoms. The van der Waals surface area contributed by atoms with Crippen LogP contribution >= 0.6 is 0 Å². The van der Waals surface area contributed by atoms with E-state index in [1.165, 1.54) is 19.1 Å². The highest BCUT2D eigenvalue weighted by molar-refractivity contribution is 5.90. The fraction of sp³-hybridized carbons (Fsp3) is 0.500. The topological polar surface area (TPSA) is 55.1 Å². The standard InChI is InChI=1S/C14H19F3N2O/c1-9(8-18)3-6-13(20)19-11-5-4-10(2)12(7-11)14(15,16)17/h4-5,7,9H,3,6,8,18H2,1-2H3,(H,19,20). The molecule has 3 N–H and O–H groups in total. The molecule has 0 aliphatic heterocycles. The Kier molecular flexibility index (Phi) is 5.56. The van der Waals surface area contributed by atoms with Gasteiger partial charge in [-0.2, -0.15) is 13.2 Å². The molecule has 3 nitrogen and oxygen atoms in total. The van der Waals surface area contributed by atoms with Crippen LogP contribution in [-0.2, 0) is 11.0 Å². The SMILES string of the molecule is Cc1ccc(NC(=O)CCC(C)CN)cc1C(F)(F)F.